The highest BCUT2D eigenvalue weighted by Gasteiger charge is 2.34. The summed E-state index contributed by atoms with van der Waals surface area (Å²) in [7, 11) is -0.408. The van der Waals surface area contributed by atoms with Gasteiger partial charge in [0.15, 0.2) is 5.79 Å². The maximum Gasteiger partial charge on any atom is 0.163 e. The molecule has 0 N–H and O–H groups in total. The van der Waals surface area contributed by atoms with E-state index in [1.54, 1.807) is 0 Å². The van der Waals surface area contributed by atoms with Crippen molar-refractivity contribution in [2.45, 2.75) is 25.7 Å². The van der Waals surface area contributed by atoms with Gasteiger partial charge in [-0.1, -0.05) is 60.7 Å². The van der Waals surface area contributed by atoms with E-state index in [1.807, 2.05) is 13.8 Å². The van der Waals surface area contributed by atoms with Crippen LogP contribution >= 0.6 is 7.92 Å². The number of ether oxygens (including phenoxy) is 2. The number of benzene rings is 2. The van der Waals surface area contributed by atoms with Gasteiger partial charge in [0.25, 0.3) is 0 Å². The Morgan fingerprint density at radius 2 is 1.48 bits per heavy atom. The summed E-state index contributed by atoms with van der Waals surface area (Å²) in [6.07, 6.45) is 1.18. The van der Waals surface area contributed by atoms with Crippen molar-refractivity contribution < 1.29 is 9.47 Å². The van der Waals surface area contributed by atoms with Crippen LogP contribution in [0, 0.1) is 0 Å². The standard InChI is InChI=1S/C18H21O2P/c1-18(2)19-13-15(20-18)14-21(16-9-5-3-6-10-16)17-11-7-4-8-12-17/h3-12,15H,13-14H2,1-2H3/t15-/m1/s1. The van der Waals surface area contributed by atoms with Crippen LogP contribution in [0.5, 0.6) is 0 Å². The molecule has 1 aliphatic heterocycles. The minimum atomic E-state index is -0.445. The van der Waals surface area contributed by atoms with Gasteiger partial charge < -0.3 is 9.47 Å². The molecular weight excluding hydrogens is 279 g/mol. The predicted molar refractivity (Wildman–Crippen MR) is 88.8 cm³/mol. The summed E-state index contributed by atoms with van der Waals surface area (Å²) < 4.78 is 11.7. The third-order valence-electron chi connectivity index (χ3n) is 3.59. The normalized spacial score (nSPS) is 20.8. The van der Waals surface area contributed by atoms with E-state index in [4.69, 9.17) is 9.47 Å². The van der Waals surface area contributed by atoms with Crippen molar-refractivity contribution in [3.05, 3.63) is 60.7 Å². The van der Waals surface area contributed by atoms with Crippen molar-refractivity contribution in [3.63, 3.8) is 0 Å². The van der Waals surface area contributed by atoms with Gasteiger partial charge in [-0.05, 0) is 32.4 Å². The average molecular weight is 300 g/mol. The van der Waals surface area contributed by atoms with Gasteiger partial charge in [-0.15, -0.1) is 0 Å². The quantitative estimate of drug-likeness (QED) is 0.807. The lowest BCUT2D eigenvalue weighted by molar-refractivity contribution is -0.135. The van der Waals surface area contributed by atoms with Crippen LogP contribution in [0.4, 0.5) is 0 Å². The van der Waals surface area contributed by atoms with Crippen molar-refractivity contribution >= 4 is 18.5 Å². The highest BCUT2D eigenvalue weighted by Crippen LogP contribution is 2.37. The van der Waals surface area contributed by atoms with Gasteiger partial charge in [0.05, 0.1) is 12.7 Å². The molecule has 0 spiro atoms. The second-order valence-corrected chi connectivity index (χ2v) is 7.99. The Balaban J connectivity index is 1.84. The second kappa shape index (κ2) is 6.27. The van der Waals surface area contributed by atoms with Gasteiger partial charge in [-0.25, -0.2) is 0 Å². The van der Waals surface area contributed by atoms with E-state index in [2.05, 4.69) is 60.7 Å². The van der Waals surface area contributed by atoms with Crippen molar-refractivity contribution in [2.24, 2.45) is 0 Å². The lowest BCUT2D eigenvalue weighted by Gasteiger charge is -2.23. The summed E-state index contributed by atoms with van der Waals surface area (Å²) >= 11 is 0. The fraction of sp³-hybridized carbons (Fsp3) is 0.333. The van der Waals surface area contributed by atoms with E-state index in [-0.39, 0.29) is 6.10 Å². The SMILES string of the molecule is CC1(C)OC[C@H](CP(c2ccccc2)c2ccccc2)O1. The van der Waals surface area contributed by atoms with Crippen molar-refractivity contribution in [1.29, 1.82) is 0 Å². The molecule has 2 aromatic carbocycles. The van der Waals surface area contributed by atoms with Gasteiger partial charge in [0.1, 0.15) is 0 Å². The van der Waals surface area contributed by atoms with Crippen LogP contribution in [0.25, 0.3) is 0 Å². The highest BCUT2D eigenvalue weighted by atomic mass is 31.1. The molecule has 0 aromatic heterocycles. The molecule has 2 nitrogen and oxygen atoms in total. The van der Waals surface area contributed by atoms with Gasteiger partial charge >= 0.3 is 0 Å². The smallest absolute Gasteiger partial charge is 0.163 e. The highest BCUT2D eigenvalue weighted by molar-refractivity contribution is 7.73. The molecule has 3 heteroatoms. The molecule has 0 amide bonds. The van der Waals surface area contributed by atoms with Gasteiger partial charge in [0, 0.05) is 6.16 Å². The Morgan fingerprint density at radius 1 is 0.952 bits per heavy atom. The number of hydrogen-bond donors (Lipinski definition) is 0. The second-order valence-electron chi connectivity index (χ2n) is 5.73. The first-order valence-corrected chi connectivity index (χ1v) is 8.86. The number of rotatable bonds is 4. The topological polar surface area (TPSA) is 18.5 Å². The van der Waals surface area contributed by atoms with Crippen molar-refractivity contribution in [2.75, 3.05) is 12.8 Å². The molecule has 1 heterocycles. The predicted octanol–water partition coefficient (Wildman–Crippen LogP) is 3.27. The Kier molecular flexibility index (Phi) is 4.40. The molecule has 0 unspecified atom stereocenters. The molecule has 110 valence electrons. The van der Waals surface area contributed by atoms with Gasteiger partial charge in [0.2, 0.25) is 0 Å². The third-order valence-corrected chi connectivity index (χ3v) is 6.20. The van der Waals surface area contributed by atoms with Crippen LogP contribution in [-0.4, -0.2) is 24.7 Å². The van der Waals surface area contributed by atoms with E-state index in [1.165, 1.54) is 10.6 Å². The van der Waals surface area contributed by atoms with Crippen LogP contribution in [-0.2, 0) is 9.47 Å². The first kappa shape index (κ1) is 14.7. The molecule has 0 bridgehead atoms. The molecule has 0 saturated carbocycles. The number of hydrogen-bond acceptors (Lipinski definition) is 2. The molecule has 1 saturated heterocycles. The van der Waals surface area contributed by atoms with E-state index in [9.17, 15) is 0 Å². The zero-order valence-corrected chi connectivity index (χ0v) is 13.4. The van der Waals surface area contributed by atoms with Crippen molar-refractivity contribution in [1.82, 2.24) is 0 Å². The van der Waals surface area contributed by atoms with Crippen molar-refractivity contribution in [3.8, 4) is 0 Å². The maximum absolute atomic E-state index is 6.02. The monoisotopic (exact) mass is 300 g/mol. The first-order chi connectivity index (χ1) is 10.1. The fourth-order valence-corrected chi connectivity index (χ4v) is 5.00. The molecule has 0 aliphatic carbocycles. The zero-order valence-electron chi connectivity index (χ0n) is 12.5. The minimum absolute atomic E-state index is 0.173. The molecular formula is C18H21O2P. The van der Waals surface area contributed by atoms with Crippen LogP contribution in [0.2, 0.25) is 0 Å². The summed E-state index contributed by atoms with van der Waals surface area (Å²) in [6, 6.07) is 21.5. The molecule has 1 fully saturated rings. The summed E-state index contributed by atoms with van der Waals surface area (Å²) in [6.45, 7) is 4.66. The Labute approximate surface area is 127 Å². The van der Waals surface area contributed by atoms with E-state index in [0.717, 1.165) is 6.16 Å². The Bertz CT molecular complexity index is 529. The summed E-state index contributed by atoms with van der Waals surface area (Å²) in [4.78, 5) is 0. The summed E-state index contributed by atoms with van der Waals surface area (Å²) in [5, 5.41) is 2.79. The van der Waals surface area contributed by atoms with Gasteiger partial charge in [-0.3, -0.25) is 0 Å². The molecule has 2 aromatic rings. The first-order valence-electron chi connectivity index (χ1n) is 7.33. The van der Waals surface area contributed by atoms with E-state index < -0.39 is 13.7 Å². The zero-order chi connectivity index (χ0) is 14.7. The lowest BCUT2D eigenvalue weighted by atomic mass is 10.4. The third kappa shape index (κ3) is 3.71. The van der Waals surface area contributed by atoms with Crippen LogP contribution in [0.3, 0.4) is 0 Å². The lowest BCUT2D eigenvalue weighted by Crippen LogP contribution is -2.26. The Hall–Kier alpha value is -1.21. The maximum atomic E-state index is 6.02. The minimum Gasteiger partial charge on any atom is -0.348 e. The summed E-state index contributed by atoms with van der Waals surface area (Å²) in [5.74, 6) is -0.445. The van der Waals surface area contributed by atoms with Crippen LogP contribution < -0.4 is 10.6 Å². The molecule has 1 aliphatic rings. The van der Waals surface area contributed by atoms with E-state index >= 15 is 0 Å². The molecule has 21 heavy (non-hydrogen) atoms. The van der Waals surface area contributed by atoms with Gasteiger partial charge in [-0.2, -0.15) is 0 Å². The summed E-state index contributed by atoms with van der Waals surface area (Å²) in [5.41, 5.74) is 0. The van der Waals surface area contributed by atoms with Crippen LogP contribution in [0.15, 0.2) is 60.7 Å². The van der Waals surface area contributed by atoms with Crippen LogP contribution in [0.1, 0.15) is 13.8 Å². The fourth-order valence-electron chi connectivity index (χ4n) is 2.63. The molecule has 0 radical (unpaired) electrons. The molecule has 3 rings (SSSR count). The Morgan fingerprint density at radius 3 is 1.90 bits per heavy atom. The van der Waals surface area contributed by atoms with E-state index in [0.29, 0.717) is 6.61 Å². The average Bonchev–Trinajstić information content (AvgIpc) is 2.86. The largest absolute Gasteiger partial charge is 0.348 e. The molecule has 1 atom stereocenters.